The average molecular weight is 271 g/mol. The van der Waals surface area contributed by atoms with Crippen LogP contribution in [0, 0.1) is 11.8 Å². The summed E-state index contributed by atoms with van der Waals surface area (Å²) in [6.07, 6.45) is 5.70. The molecule has 1 heterocycles. The first-order chi connectivity index (χ1) is 8.63. The summed E-state index contributed by atoms with van der Waals surface area (Å²) in [6.45, 7) is 0.565. The number of aliphatic carboxylic acids is 1. The van der Waals surface area contributed by atoms with E-state index in [1.807, 2.05) is 0 Å². The quantitative estimate of drug-likeness (QED) is 0.767. The second-order valence-electron chi connectivity index (χ2n) is 5.48. The van der Waals surface area contributed by atoms with E-state index in [0.717, 1.165) is 25.7 Å². The average Bonchev–Trinajstić information content (AvgIpc) is 2.72. The summed E-state index contributed by atoms with van der Waals surface area (Å²) in [7, 11) is 0. The number of nitrogens with zero attached hydrogens (tertiary/aromatic N) is 1. The second kappa shape index (κ2) is 5.95. The number of carbonyl (C=O) groups excluding carboxylic acids is 1. The third-order valence-electron chi connectivity index (χ3n) is 4.18. The van der Waals surface area contributed by atoms with E-state index in [1.165, 1.54) is 6.42 Å². The standard InChI is InChI=1S/C13H21NO3S/c15-11-6-9(8-18)7-14(11)12(13(16)17)10-4-2-1-3-5-10/h9-10,12,18H,1-8H2,(H,16,17)/t9?,12-/m0/s1. The fourth-order valence-electron chi connectivity index (χ4n) is 3.24. The van der Waals surface area contributed by atoms with Gasteiger partial charge in [-0.25, -0.2) is 4.79 Å². The van der Waals surface area contributed by atoms with E-state index in [9.17, 15) is 14.7 Å². The van der Waals surface area contributed by atoms with Gasteiger partial charge in [-0.2, -0.15) is 12.6 Å². The summed E-state index contributed by atoms with van der Waals surface area (Å²) in [5, 5.41) is 9.45. The van der Waals surface area contributed by atoms with Gasteiger partial charge in [0.1, 0.15) is 6.04 Å². The van der Waals surface area contributed by atoms with Crippen molar-refractivity contribution in [2.45, 2.75) is 44.6 Å². The van der Waals surface area contributed by atoms with Crippen molar-refractivity contribution in [1.82, 2.24) is 4.90 Å². The van der Waals surface area contributed by atoms with Crippen LogP contribution in [0.25, 0.3) is 0 Å². The highest BCUT2D eigenvalue weighted by Crippen LogP contribution is 2.32. The SMILES string of the molecule is O=C(O)[C@H](C1CCCCC1)N1CC(CS)CC1=O. The Labute approximate surface area is 113 Å². The van der Waals surface area contributed by atoms with Crippen LogP contribution in [0.5, 0.6) is 0 Å². The van der Waals surface area contributed by atoms with Gasteiger partial charge in [0.15, 0.2) is 0 Å². The predicted octanol–water partition coefficient (Wildman–Crippen LogP) is 1.80. The summed E-state index contributed by atoms with van der Waals surface area (Å²) >= 11 is 4.22. The fraction of sp³-hybridized carbons (Fsp3) is 0.846. The molecule has 1 saturated carbocycles. The smallest absolute Gasteiger partial charge is 0.326 e. The van der Waals surface area contributed by atoms with Crippen LogP contribution in [0.2, 0.25) is 0 Å². The van der Waals surface area contributed by atoms with Crippen molar-refractivity contribution in [2.75, 3.05) is 12.3 Å². The molecular weight excluding hydrogens is 250 g/mol. The van der Waals surface area contributed by atoms with Crippen LogP contribution < -0.4 is 0 Å². The van der Waals surface area contributed by atoms with E-state index in [0.29, 0.717) is 18.7 Å². The van der Waals surface area contributed by atoms with Gasteiger partial charge in [0.2, 0.25) is 5.91 Å². The summed E-state index contributed by atoms with van der Waals surface area (Å²) in [5.41, 5.74) is 0. The van der Waals surface area contributed by atoms with Gasteiger partial charge in [0.25, 0.3) is 0 Å². The first kappa shape index (κ1) is 13.7. The molecule has 102 valence electrons. The summed E-state index contributed by atoms with van der Waals surface area (Å²) in [5.74, 6) is 0.159. The molecule has 1 amide bonds. The first-order valence-corrected chi connectivity index (χ1v) is 7.40. The minimum atomic E-state index is -0.838. The van der Waals surface area contributed by atoms with Gasteiger partial charge in [0, 0.05) is 13.0 Å². The Morgan fingerprint density at radius 2 is 2.06 bits per heavy atom. The lowest BCUT2D eigenvalue weighted by Crippen LogP contribution is -2.47. The van der Waals surface area contributed by atoms with Gasteiger partial charge in [0.05, 0.1) is 0 Å². The number of hydrogen-bond acceptors (Lipinski definition) is 3. The highest BCUT2D eigenvalue weighted by atomic mass is 32.1. The van der Waals surface area contributed by atoms with E-state index in [-0.39, 0.29) is 17.7 Å². The van der Waals surface area contributed by atoms with Crippen LogP contribution >= 0.6 is 12.6 Å². The Kier molecular flexibility index (Phi) is 4.54. The zero-order valence-electron chi connectivity index (χ0n) is 10.5. The van der Waals surface area contributed by atoms with Crippen LogP contribution in [0.15, 0.2) is 0 Å². The molecular formula is C13H21NO3S. The highest BCUT2D eigenvalue weighted by molar-refractivity contribution is 7.80. The normalized spacial score (nSPS) is 27.5. The molecule has 4 nitrogen and oxygen atoms in total. The van der Waals surface area contributed by atoms with Gasteiger partial charge in [-0.1, -0.05) is 19.3 Å². The maximum atomic E-state index is 12.0. The molecule has 0 aromatic heterocycles. The minimum absolute atomic E-state index is 0.00739. The molecule has 1 aliphatic heterocycles. The minimum Gasteiger partial charge on any atom is -0.480 e. The summed E-state index contributed by atoms with van der Waals surface area (Å²) in [4.78, 5) is 25.1. The van der Waals surface area contributed by atoms with Crippen molar-refractivity contribution in [3.05, 3.63) is 0 Å². The van der Waals surface area contributed by atoms with Crippen molar-refractivity contribution < 1.29 is 14.7 Å². The predicted molar refractivity (Wildman–Crippen MR) is 71.7 cm³/mol. The first-order valence-electron chi connectivity index (χ1n) is 6.76. The van der Waals surface area contributed by atoms with Gasteiger partial charge in [-0.15, -0.1) is 0 Å². The Morgan fingerprint density at radius 3 is 2.56 bits per heavy atom. The maximum absolute atomic E-state index is 12.0. The number of likely N-dealkylation sites (tertiary alicyclic amines) is 1. The molecule has 0 spiro atoms. The molecule has 0 aromatic carbocycles. The molecule has 1 N–H and O–H groups in total. The molecule has 0 aromatic rings. The molecule has 2 fully saturated rings. The molecule has 0 radical (unpaired) electrons. The second-order valence-corrected chi connectivity index (χ2v) is 5.85. The molecule has 1 unspecified atom stereocenters. The molecule has 18 heavy (non-hydrogen) atoms. The van der Waals surface area contributed by atoms with E-state index in [1.54, 1.807) is 4.90 Å². The number of amides is 1. The third kappa shape index (κ3) is 2.82. The van der Waals surface area contributed by atoms with Gasteiger partial charge >= 0.3 is 5.97 Å². The Hall–Kier alpha value is -0.710. The molecule has 2 aliphatic rings. The summed E-state index contributed by atoms with van der Waals surface area (Å²) < 4.78 is 0. The molecule has 0 bridgehead atoms. The number of carbonyl (C=O) groups is 2. The van der Waals surface area contributed by atoms with E-state index in [4.69, 9.17) is 0 Å². The van der Waals surface area contributed by atoms with Gasteiger partial charge in [-0.3, -0.25) is 4.79 Å². The van der Waals surface area contributed by atoms with Crippen LogP contribution in [-0.4, -0.2) is 40.2 Å². The molecule has 1 saturated heterocycles. The van der Waals surface area contributed by atoms with Crippen molar-refractivity contribution in [3.63, 3.8) is 0 Å². The lowest BCUT2D eigenvalue weighted by atomic mass is 9.83. The number of carboxylic acids is 1. The van der Waals surface area contributed by atoms with Crippen molar-refractivity contribution in [1.29, 1.82) is 0 Å². The van der Waals surface area contributed by atoms with Crippen LogP contribution in [0.1, 0.15) is 38.5 Å². The fourth-order valence-corrected chi connectivity index (χ4v) is 3.48. The summed E-state index contributed by atoms with van der Waals surface area (Å²) in [6, 6.07) is -0.609. The zero-order chi connectivity index (χ0) is 13.1. The topological polar surface area (TPSA) is 57.6 Å². The number of rotatable bonds is 4. The monoisotopic (exact) mass is 271 g/mol. The molecule has 1 aliphatic carbocycles. The Balaban J connectivity index is 2.09. The van der Waals surface area contributed by atoms with Gasteiger partial charge in [-0.05, 0) is 30.4 Å². The number of thiol groups is 1. The van der Waals surface area contributed by atoms with Crippen molar-refractivity contribution in [2.24, 2.45) is 11.8 Å². The Bertz CT molecular complexity index is 328. The molecule has 2 atom stereocenters. The van der Waals surface area contributed by atoms with Crippen LogP contribution in [-0.2, 0) is 9.59 Å². The number of hydrogen-bond donors (Lipinski definition) is 2. The third-order valence-corrected chi connectivity index (χ3v) is 4.70. The van der Waals surface area contributed by atoms with E-state index < -0.39 is 12.0 Å². The van der Waals surface area contributed by atoms with Crippen LogP contribution in [0.3, 0.4) is 0 Å². The van der Waals surface area contributed by atoms with Crippen LogP contribution in [0.4, 0.5) is 0 Å². The molecule has 2 rings (SSSR count). The van der Waals surface area contributed by atoms with E-state index >= 15 is 0 Å². The zero-order valence-corrected chi connectivity index (χ0v) is 11.4. The highest BCUT2D eigenvalue weighted by Gasteiger charge is 2.41. The lowest BCUT2D eigenvalue weighted by Gasteiger charge is -2.33. The lowest BCUT2D eigenvalue weighted by molar-refractivity contribution is -0.151. The largest absolute Gasteiger partial charge is 0.480 e. The maximum Gasteiger partial charge on any atom is 0.326 e. The van der Waals surface area contributed by atoms with Gasteiger partial charge < -0.3 is 10.0 Å². The van der Waals surface area contributed by atoms with Crippen molar-refractivity contribution >= 4 is 24.5 Å². The number of carboxylic acid groups (broad SMARTS) is 1. The van der Waals surface area contributed by atoms with E-state index in [2.05, 4.69) is 12.6 Å². The Morgan fingerprint density at radius 1 is 1.39 bits per heavy atom. The molecule has 5 heteroatoms. The van der Waals surface area contributed by atoms with Crippen molar-refractivity contribution in [3.8, 4) is 0 Å².